The Morgan fingerprint density at radius 2 is 1.65 bits per heavy atom. The number of hydrogen-bond acceptors (Lipinski definition) is 2. The lowest BCUT2D eigenvalue weighted by Gasteiger charge is -2.03. The van der Waals surface area contributed by atoms with Gasteiger partial charge < -0.3 is 5.73 Å². The molecule has 5 heteroatoms. The summed E-state index contributed by atoms with van der Waals surface area (Å²) >= 11 is 12.4. The standard InChI is InChI=1S/C15H11Cl2N3/c16-11-5-2-6-12(17)15(11)14-8-13(19-20-14)9-3-1-4-10(18)7-9/h1-8H,18H2,(H,19,20). The zero-order chi connectivity index (χ0) is 14.1. The first-order chi connectivity index (χ1) is 9.65. The first-order valence-electron chi connectivity index (χ1n) is 6.01. The predicted molar refractivity (Wildman–Crippen MR) is 83.9 cm³/mol. The third-order valence-corrected chi connectivity index (χ3v) is 3.62. The van der Waals surface area contributed by atoms with Crippen molar-refractivity contribution in [2.45, 2.75) is 0 Å². The topological polar surface area (TPSA) is 54.7 Å². The number of rotatable bonds is 2. The summed E-state index contributed by atoms with van der Waals surface area (Å²) < 4.78 is 0. The molecule has 1 heterocycles. The summed E-state index contributed by atoms with van der Waals surface area (Å²) in [6.07, 6.45) is 0. The van der Waals surface area contributed by atoms with Crippen LogP contribution in [0, 0.1) is 0 Å². The van der Waals surface area contributed by atoms with Crippen molar-refractivity contribution in [3.8, 4) is 22.5 Å². The number of nitrogens with zero attached hydrogens (tertiary/aromatic N) is 1. The van der Waals surface area contributed by atoms with Crippen molar-refractivity contribution in [2.75, 3.05) is 5.73 Å². The quantitative estimate of drug-likeness (QED) is 0.678. The zero-order valence-corrected chi connectivity index (χ0v) is 11.9. The number of nitrogen functional groups attached to an aromatic ring is 1. The van der Waals surface area contributed by atoms with Gasteiger partial charge in [0.15, 0.2) is 0 Å². The molecule has 2 aromatic carbocycles. The van der Waals surface area contributed by atoms with Crippen molar-refractivity contribution in [2.24, 2.45) is 0 Å². The smallest absolute Gasteiger partial charge is 0.0928 e. The Labute approximate surface area is 126 Å². The average Bonchev–Trinajstić information content (AvgIpc) is 2.88. The second-order valence-electron chi connectivity index (χ2n) is 4.39. The molecular weight excluding hydrogens is 293 g/mol. The van der Waals surface area contributed by atoms with Crippen LogP contribution in [0.3, 0.4) is 0 Å². The van der Waals surface area contributed by atoms with Gasteiger partial charge in [0.2, 0.25) is 0 Å². The van der Waals surface area contributed by atoms with Crippen LogP contribution in [0.2, 0.25) is 10.0 Å². The SMILES string of the molecule is Nc1cccc(-c2cc(-c3c(Cl)cccc3Cl)[nH]n2)c1. The summed E-state index contributed by atoms with van der Waals surface area (Å²) in [5, 5.41) is 8.42. The lowest BCUT2D eigenvalue weighted by molar-refractivity contribution is 1.10. The van der Waals surface area contributed by atoms with Crippen LogP contribution in [-0.4, -0.2) is 10.2 Å². The molecule has 0 amide bonds. The van der Waals surface area contributed by atoms with E-state index in [0.717, 1.165) is 22.5 Å². The summed E-state index contributed by atoms with van der Waals surface area (Å²) in [6, 6.07) is 14.8. The molecule has 0 atom stereocenters. The number of nitrogens with one attached hydrogen (secondary N) is 1. The van der Waals surface area contributed by atoms with Gasteiger partial charge in [-0.2, -0.15) is 5.10 Å². The van der Waals surface area contributed by atoms with Crippen molar-refractivity contribution >= 4 is 28.9 Å². The van der Waals surface area contributed by atoms with Crippen LogP contribution < -0.4 is 5.73 Å². The summed E-state index contributed by atoms with van der Waals surface area (Å²) in [6.45, 7) is 0. The Balaban J connectivity index is 2.07. The van der Waals surface area contributed by atoms with Crippen molar-refractivity contribution < 1.29 is 0 Å². The van der Waals surface area contributed by atoms with E-state index < -0.39 is 0 Å². The highest BCUT2D eigenvalue weighted by molar-refractivity contribution is 6.39. The Bertz CT molecular complexity index is 745. The number of anilines is 1. The van der Waals surface area contributed by atoms with E-state index in [-0.39, 0.29) is 0 Å². The van der Waals surface area contributed by atoms with Crippen LogP contribution >= 0.6 is 23.2 Å². The van der Waals surface area contributed by atoms with Crippen LogP contribution in [0.4, 0.5) is 5.69 Å². The average molecular weight is 304 g/mol. The molecule has 0 unspecified atom stereocenters. The van der Waals surface area contributed by atoms with Crippen molar-refractivity contribution in [3.63, 3.8) is 0 Å². The molecule has 3 rings (SSSR count). The molecule has 1 aromatic heterocycles. The minimum atomic E-state index is 0.584. The van der Waals surface area contributed by atoms with E-state index >= 15 is 0 Å². The number of aromatic amines is 1. The largest absolute Gasteiger partial charge is 0.399 e. The number of hydrogen-bond donors (Lipinski definition) is 2. The predicted octanol–water partition coefficient (Wildman–Crippen LogP) is 4.63. The van der Waals surface area contributed by atoms with Gasteiger partial charge in [-0.05, 0) is 30.3 Å². The number of benzene rings is 2. The highest BCUT2D eigenvalue weighted by Gasteiger charge is 2.12. The molecule has 0 radical (unpaired) electrons. The molecule has 0 fully saturated rings. The minimum absolute atomic E-state index is 0.584. The van der Waals surface area contributed by atoms with E-state index in [1.807, 2.05) is 36.4 Å². The molecule has 0 aliphatic carbocycles. The Morgan fingerprint density at radius 3 is 2.35 bits per heavy atom. The van der Waals surface area contributed by atoms with E-state index in [9.17, 15) is 0 Å². The summed E-state index contributed by atoms with van der Waals surface area (Å²) in [5.41, 5.74) is 9.74. The van der Waals surface area contributed by atoms with Gasteiger partial charge in [0.05, 0.1) is 21.4 Å². The van der Waals surface area contributed by atoms with Gasteiger partial charge in [-0.1, -0.05) is 41.4 Å². The molecule has 0 saturated heterocycles. The first-order valence-corrected chi connectivity index (χ1v) is 6.76. The molecule has 3 N–H and O–H groups in total. The fraction of sp³-hybridized carbons (Fsp3) is 0. The fourth-order valence-corrected chi connectivity index (χ4v) is 2.65. The maximum atomic E-state index is 6.19. The van der Waals surface area contributed by atoms with Crippen LogP contribution in [0.1, 0.15) is 0 Å². The highest BCUT2D eigenvalue weighted by Crippen LogP contribution is 2.35. The summed E-state index contributed by atoms with van der Waals surface area (Å²) in [5.74, 6) is 0. The van der Waals surface area contributed by atoms with Crippen molar-refractivity contribution in [1.29, 1.82) is 0 Å². The molecule has 0 aliphatic heterocycles. The van der Waals surface area contributed by atoms with Crippen molar-refractivity contribution in [3.05, 3.63) is 58.6 Å². The number of nitrogens with two attached hydrogens (primary N) is 1. The second-order valence-corrected chi connectivity index (χ2v) is 5.20. The minimum Gasteiger partial charge on any atom is -0.399 e. The highest BCUT2D eigenvalue weighted by atomic mass is 35.5. The van der Waals surface area contributed by atoms with Gasteiger partial charge >= 0.3 is 0 Å². The van der Waals surface area contributed by atoms with E-state index in [4.69, 9.17) is 28.9 Å². The normalized spacial score (nSPS) is 10.7. The molecular formula is C15H11Cl2N3. The maximum absolute atomic E-state index is 6.19. The molecule has 3 nitrogen and oxygen atoms in total. The van der Waals surface area contributed by atoms with Gasteiger partial charge in [-0.3, -0.25) is 5.10 Å². The zero-order valence-electron chi connectivity index (χ0n) is 10.4. The summed E-state index contributed by atoms with van der Waals surface area (Å²) in [4.78, 5) is 0. The monoisotopic (exact) mass is 303 g/mol. The number of H-pyrrole nitrogens is 1. The third-order valence-electron chi connectivity index (χ3n) is 2.99. The lowest BCUT2D eigenvalue weighted by Crippen LogP contribution is -1.84. The second kappa shape index (κ2) is 5.19. The van der Waals surface area contributed by atoms with Gasteiger partial charge in [0, 0.05) is 16.8 Å². The number of halogens is 2. The first kappa shape index (κ1) is 13.0. The Morgan fingerprint density at radius 1 is 0.950 bits per heavy atom. The third kappa shape index (κ3) is 2.38. The molecule has 0 spiro atoms. The molecule has 20 heavy (non-hydrogen) atoms. The Hall–Kier alpha value is -1.97. The lowest BCUT2D eigenvalue weighted by atomic mass is 10.1. The van der Waals surface area contributed by atoms with E-state index in [2.05, 4.69) is 10.2 Å². The number of aromatic nitrogens is 2. The van der Waals surface area contributed by atoms with E-state index in [0.29, 0.717) is 15.7 Å². The van der Waals surface area contributed by atoms with Gasteiger partial charge in [0.1, 0.15) is 0 Å². The van der Waals surface area contributed by atoms with Gasteiger partial charge in [-0.25, -0.2) is 0 Å². The van der Waals surface area contributed by atoms with Crippen molar-refractivity contribution in [1.82, 2.24) is 10.2 Å². The summed E-state index contributed by atoms with van der Waals surface area (Å²) in [7, 11) is 0. The van der Waals surface area contributed by atoms with Crippen LogP contribution in [0.15, 0.2) is 48.5 Å². The Kier molecular flexibility index (Phi) is 3.38. The van der Waals surface area contributed by atoms with E-state index in [1.165, 1.54) is 0 Å². The fourth-order valence-electron chi connectivity index (χ4n) is 2.05. The van der Waals surface area contributed by atoms with Gasteiger partial charge in [0.25, 0.3) is 0 Å². The molecule has 0 bridgehead atoms. The maximum Gasteiger partial charge on any atom is 0.0928 e. The van der Waals surface area contributed by atoms with E-state index in [1.54, 1.807) is 12.1 Å². The molecule has 0 aliphatic rings. The van der Waals surface area contributed by atoms with Gasteiger partial charge in [-0.15, -0.1) is 0 Å². The van der Waals surface area contributed by atoms with Crippen LogP contribution in [0.5, 0.6) is 0 Å². The molecule has 100 valence electrons. The van der Waals surface area contributed by atoms with Crippen LogP contribution in [0.25, 0.3) is 22.5 Å². The van der Waals surface area contributed by atoms with Crippen LogP contribution in [-0.2, 0) is 0 Å². The molecule has 0 saturated carbocycles. The molecule has 3 aromatic rings.